The molecule has 0 aliphatic heterocycles. The Kier molecular flexibility index (Phi) is 5.01. The highest BCUT2D eigenvalue weighted by Gasteiger charge is 2.30. The summed E-state index contributed by atoms with van der Waals surface area (Å²) in [5, 5.41) is -0.210. The van der Waals surface area contributed by atoms with Crippen molar-refractivity contribution in [1.29, 1.82) is 0 Å². The highest BCUT2D eigenvalue weighted by molar-refractivity contribution is 7.89. The average molecular weight is 321 g/mol. The van der Waals surface area contributed by atoms with Crippen molar-refractivity contribution in [3.63, 3.8) is 0 Å². The number of hydrogen-bond acceptors (Lipinski definition) is 3. The number of rotatable bonds is 5. The Hall–Kier alpha value is -0.690. The van der Waals surface area contributed by atoms with Gasteiger partial charge in [0.25, 0.3) is 0 Å². The molecule has 0 aromatic heterocycles. The zero-order valence-corrected chi connectivity index (χ0v) is 12.6. The lowest BCUT2D eigenvalue weighted by atomic mass is 9.99. The van der Waals surface area contributed by atoms with Crippen LogP contribution in [-0.2, 0) is 10.0 Å². The third-order valence-corrected chi connectivity index (χ3v) is 5.53. The summed E-state index contributed by atoms with van der Waals surface area (Å²) < 4.78 is 40.9. The minimum Gasteiger partial charge on any atom is -0.329 e. The summed E-state index contributed by atoms with van der Waals surface area (Å²) in [5.41, 5.74) is 5.66. The number of halogens is 2. The number of nitrogens with one attached hydrogen (secondary N) is 1. The van der Waals surface area contributed by atoms with Crippen LogP contribution in [0.15, 0.2) is 23.1 Å². The molecule has 1 aromatic rings. The van der Waals surface area contributed by atoms with E-state index in [1.807, 2.05) is 0 Å². The van der Waals surface area contributed by atoms with Gasteiger partial charge in [-0.1, -0.05) is 30.5 Å². The van der Waals surface area contributed by atoms with E-state index in [1.54, 1.807) is 0 Å². The van der Waals surface area contributed by atoms with Crippen molar-refractivity contribution in [2.45, 2.75) is 36.6 Å². The van der Waals surface area contributed by atoms with Gasteiger partial charge in [0.2, 0.25) is 10.0 Å². The van der Waals surface area contributed by atoms with Crippen LogP contribution in [0.4, 0.5) is 4.39 Å². The summed E-state index contributed by atoms with van der Waals surface area (Å²) in [6, 6.07) is 3.56. The number of benzene rings is 1. The molecule has 1 fully saturated rings. The van der Waals surface area contributed by atoms with Gasteiger partial charge in [0.05, 0.1) is 5.02 Å². The van der Waals surface area contributed by atoms with E-state index < -0.39 is 20.7 Å². The zero-order chi connectivity index (χ0) is 14.8. The molecule has 0 bridgehead atoms. The fourth-order valence-electron chi connectivity index (χ4n) is 2.65. The van der Waals surface area contributed by atoms with Crippen LogP contribution in [0.1, 0.15) is 25.7 Å². The summed E-state index contributed by atoms with van der Waals surface area (Å²) in [6.07, 6.45) is 4.05. The summed E-state index contributed by atoms with van der Waals surface area (Å²) in [7, 11) is -3.95. The van der Waals surface area contributed by atoms with Crippen LogP contribution in [0, 0.1) is 11.7 Å². The van der Waals surface area contributed by atoms with Crippen molar-refractivity contribution >= 4 is 21.6 Å². The smallest absolute Gasteiger partial charge is 0.243 e. The second-order valence-electron chi connectivity index (χ2n) is 5.06. The molecule has 20 heavy (non-hydrogen) atoms. The summed E-state index contributed by atoms with van der Waals surface area (Å²) in [4.78, 5) is -0.429. The largest absolute Gasteiger partial charge is 0.329 e. The van der Waals surface area contributed by atoms with Gasteiger partial charge < -0.3 is 5.73 Å². The van der Waals surface area contributed by atoms with Crippen LogP contribution < -0.4 is 10.5 Å². The summed E-state index contributed by atoms with van der Waals surface area (Å²) in [5.74, 6) is -0.708. The molecule has 0 saturated heterocycles. The first-order valence-electron chi connectivity index (χ1n) is 6.62. The van der Waals surface area contributed by atoms with Crippen LogP contribution in [0.5, 0.6) is 0 Å². The molecule has 0 heterocycles. The average Bonchev–Trinajstić information content (AvgIpc) is 2.93. The van der Waals surface area contributed by atoms with E-state index in [-0.39, 0.29) is 23.5 Å². The molecule has 0 radical (unpaired) electrons. The molecular formula is C13H18ClFN2O2S. The molecule has 0 amide bonds. The van der Waals surface area contributed by atoms with Crippen molar-refractivity contribution in [2.24, 2.45) is 11.7 Å². The molecule has 2 rings (SSSR count). The van der Waals surface area contributed by atoms with Gasteiger partial charge in [0, 0.05) is 12.6 Å². The highest BCUT2D eigenvalue weighted by Crippen LogP contribution is 2.29. The molecule has 3 N–H and O–H groups in total. The predicted molar refractivity (Wildman–Crippen MR) is 76.5 cm³/mol. The number of sulfonamides is 1. The van der Waals surface area contributed by atoms with Gasteiger partial charge >= 0.3 is 0 Å². The molecule has 112 valence electrons. The number of nitrogens with two attached hydrogens (primary N) is 1. The van der Waals surface area contributed by atoms with Crippen molar-refractivity contribution in [3.8, 4) is 0 Å². The van der Waals surface area contributed by atoms with Crippen LogP contribution in [0.2, 0.25) is 5.02 Å². The Bertz CT molecular complexity index is 574. The fraction of sp³-hybridized carbons (Fsp3) is 0.538. The lowest BCUT2D eigenvalue weighted by molar-refractivity contribution is 0.404. The van der Waals surface area contributed by atoms with Crippen molar-refractivity contribution in [1.82, 2.24) is 4.72 Å². The molecule has 1 aliphatic carbocycles. The van der Waals surface area contributed by atoms with Crippen molar-refractivity contribution < 1.29 is 12.8 Å². The van der Waals surface area contributed by atoms with E-state index in [1.165, 1.54) is 18.2 Å². The lowest BCUT2D eigenvalue weighted by Crippen LogP contribution is -2.44. The maximum Gasteiger partial charge on any atom is 0.243 e. The minimum atomic E-state index is -3.95. The summed E-state index contributed by atoms with van der Waals surface area (Å²) >= 11 is 5.63. The molecule has 1 atom stereocenters. The minimum absolute atomic E-state index is 0.200. The molecule has 1 aliphatic rings. The van der Waals surface area contributed by atoms with Gasteiger partial charge in [0.15, 0.2) is 5.82 Å². The lowest BCUT2D eigenvalue weighted by Gasteiger charge is -2.23. The van der Waals surface area contributed by atoms with E-state index >= 15 is 0 Å². The van der Waals surface area contributed by atoms with E-state index in [4.69, 9.17) is 17.3 Å². The first-order valence-corrected chi connectivity index (χ1v) is 8.48. The zero-order valence-electron chi connectivity index (χ0n) is 11.0. The molecule has 4 nitrogen and oxygen atoms in total. The molecule has 0 spiro atoms. The van der Waals surface area contributed by atoms with Gasteiger partial charge in [-0.05, 0) is 30.9 Å². The first kappa shape index (κ1) is 15.7. The Labute approximate surface area is 123 Å². The van der Waals surface area contributed by atoms with E-state index in [0.717, 1.165) is 25.7 Å². The molecule has 1 saturated carbocycles. The third-order valence-electron chi connectivity index (χ3n) is 3.74. The van der Waals surface area contributed by atoms with Gasteiger partial charge in [-0.2, -0.15) is 0 Å². The molecule has 7 heteroatoms. The standard InChI is InChI=1S/C13H18ClFN2O2S/c14-10-6-3-7-12(13(10)15)20(18,19)17-11(8-16)9-4-1-2-5-9/h3,6-7,9,11,17H,1-2,4-5,8,16H2. The van der Waals surface area contributed by atoms with Gasteiger partial charge in [-0.25, -0.2) is 17.5 Å². The maximum atomic E-state index is 13.8. The molecule has 1 unspecified atom stereocenters. The monoisotopic (exact) mass is 320 g/mol. The third kappa shape index (κ3) is 3.31. The van der Waals surface area contributed by atoms with E-state index in [9.17, 15) is 12.8 Å². The van der Waals surface area contributed by atoms with Crippen LogP contribution in [0.25, 0.3) is 0 Å². The topological polar surface area (TPSA) is 72.2 Å². The van der Waals surface area contributed by atoms with Gasteiger partial charge in [-0.3, -0.25) is 0 Å². The molecular weight excluding hydrogens is 303 g/mol. The second-order valence-corrected chi connectivity index (χ2v) is 7.15. The Morgan fingerprint density at radius 3 is 2.65 bits per heavy atom. The quantitative estimate of drug-likeness (QED) is 0.874. The van der Waals surface area contributed by atoms with E-state index in [0.29, 0.717) is 0 Å². The van der Waals surface area contributed by atoms with Crippen molar-refractivity contribution in [2.75, 3.05) is 6.54 Å². The van der Waals surface area contributed by atoms with Crippen LogP contribution >= 0.6 is 11.6 Å². The Balaban J connectivity index is 2.23. The van der Waals surface area contributed by atoms with E-state index in [2.05, 4.69) is 4.72 Å². The van der Waals surface area contributed by atoms with Crippen LogP contribution in [0.3, 0.4) is 0 Å². The highest BCUT2D eigenvalue weighted by atomic mass is 35.5. The number of hydrogen-bond donors (Lipinski definition) is 2. The van der Waals surface area contributed by atoms with Crippen molar-refractivity contribution in [3.05, 3.63) is 29.0 Å². The predicted octanol–water partition coefficient (Wildman–Crippen LogP) is 2.27. The van der Waals surface area contributed by atoms with Gasteiger partial charge in [-0.15, -0.1) is 0 Å². The Morgan fingerprint density at radius 2 is 2.05 bits per heavy atom. The SMILES string of the molecule is NCC(NS(=O)(=O)c1cccc(Cl)c1F)C1CCCC1. The van der Waals surface area contributed by atoms with Crippen LogP contribution in [-0.4, -0.2) is 21.0 Å². The summed E-state index contributed by atoms with van der Waals surface area (Å²) in [6.45, 7) is 0.200. The second kappa shape index (κ2) is 6.39. The molecule has 1 aromatic carbocycles. The van der Waals surface area contributed by atoms with Gasteiger partial charge in [0.1, 0.15) is 4.90 Å². The first-order chi connectivity index (χ1) is 9.45. The normalized spacial score (nSPS) is 18.4. The maximum absolute atomic E-state index is 13.8. The Morgan fingerprint density at radius 1 is 1.40 bits per heavy atom. The fourth-order valence-corrected chi connectivity index (χ4v) is 4.30.